The van der Waals surface area contributed by atoms with Crippen molar-refractivity contribution in [2.75, 3.05) is 7.11 Å². The highest BCUT2D eigenvalue weighted by Crippen LogP contribution is 2.51. The van der Waals surface area contributed by atoms with Gasteiger partial charge in [-0.3, -0.25) is 0 Å². The van der Waals surface area contributed by atoms with Gasteiger partial charge >= 0.3 is 24.1 Å². The Morgan fingerprint density at radius 1 is 0.723 bits per heavy atom. The molecule has 47 heavy (non-hydrogen) atoms. The lowest BCUT2D eigenvalue weighted by Crippen LogP contribution is -2.48. The summed E-state index contributed by atoms with van der Waals surface area (Å²) in [7, 11) is 1.39. The van der Waals surface area contributed by atoms with Crippen molar-refractivity contribution >= 4 is 46.8 Å². The molecular weight excluding hydrogens is 641 g/mol. The number of rotatable bonds is 8. The number of methoxy groups -OCH3 is 1. The van der Waals surface area contributed by atoms with Crippen LogP contribution in [0.5, 0.6) is 0 Å². The molecule has 2 aromatic rings. The van der Waals surface area contributed by atoms with Crippen molar-refractivity contribution in [1.82, 2.24) is 9.80 Å². The predicted octanol–water partition coefficient (Wildman–Crippen LogP) is 8.27. The van der Waals surface area contributed by atoms with Crippen LogP contribution in [0.25, 0.3) is 0 Å². The number of aromatic carboxylic acids is 1. The molecule has 1 N–H and O–H groups in total. The topological polar surface area (TPSA) is 123 Å². The quantitative estimate of drug-likeness (QED) is 0.217. The zero-order valence-electron chi connectivity index (χ0n) is 28.4. The lowest BCUT2D eigenvalue weighted by molar-refractivity contribution is 0.00305. The molecule has 0 bridgehead atoms. The van der Waals surface area contributed by atoms with Gasteiger partial charge in [-0.1, -0.05) is 0 Å². The Balaban J connectivity index is 0.000000185. The Labute approximate surface area is 285 Å². The van der Waals surface area contributed by atoms with E-state index in [-0.39, 0.29) is 42.2 Å². The molecule has 0 aromatic carbocycles. The SMILES string of the molecule is CC(C)(C)OC(=O)N(C1CCC1)[C@@H]1C[C@H]1c1cc(C(=O)O)cs1.COC(=O)c1csc([C@@H]2C[C@H]2N(C(=O)OC(C)(C)C)C2CCC2)c1. The molecule has 0 radical (unpaired) electrons. The van der Waals surface area contributed by atoms with Crippen molar-refractivity contribution in [3.05, 3.63) is 43.8 Å². The van der Waals surface area contributed by atoms with E-state index in [0.29, 0.717) is 23.1 Å². The highest BCUT2D eigenvalue weighted by molar-refractivity contribution is 7.10. The molecule has 258 valence electrons. The lowest BCUT2D eigenvalue weighted by Gasteiger charge is -2.38. The molecular formula is C35H48N2O8S2. The summed E-state index contributed by atoms with van der Waals surface area (Å²) < 4.78 is 16.0. The summed E-state index contributed by atoms with van der Waals surface area (Å²) in [6.07, 6.45) is 7.91. The largest absolute Gasteiger partial charge is 0.478 e. The fourth-order valence-corrected chi connectivity index (χ4v) is 8.20. The number of hydrogen-bond acceptors (Lipinski definition) is 9. The van der Waals surface area contributed by atoms with E-state index in [1.165, 1.54) is 24.9 Å². The van der Waals surface area contributed by atoms with Crippen LogP contribution in [0.15, 0.2) is 22.9 Å². The first-order valence-corrected chi connectivity index (χ1v) is 18.3. The minimum absolute atomic E-state index is 0.149. The fourth-order valence-electron chi connectivity index (χ4n) is 6.09. The van der Waals surface area contributed by atoms with E-state index in [1.807, 2.05) is 62.8 Å². The van der Waals surface area contributed by atoms with Crippen LogP contribution >= 0.6 is 22.7 Å². The smallest absolute Gasteiger partial charge is 0.410 e. The van der Waals surface area contributed by atoms with Crippen molar-refractivity contribution in [3.8, 4) is 0 Å². The number of esters is 1. The number of carbonyl (C=O) groups excluding carboxylic acids is 3. The molecule has 2 aromatic heterocycles. The van der Waals surface area contributed by atoms with Gasteiger partial charge in [-0.2, -0.15) is 0 Å². The van der Waals surface area contributed by atoms with Crippen molar-refractivity contribution in [2.24, 2.45) is 0 Å². The van der Waals surface area contributed by atoms with E-state index in [0.717, 1.165) is 54.7 Å². The van der Waals surface area contributed by atoms with Gasteiger partial charge in [0.1, 0.15) is 11.2 Å². The number of carboxylic acid groups (broad SMARTS) is 1. The Bertz CT molecular complexity index is 1460. The van der Waals surface area contributed by atoms with E-state index in [1.54, 1.807) is 22.8 Å². The predicted molar refractivity (Wildman–Crippen MR) is 181 cm³/mol. The summed E-state index contributed by atoms with van der Waals surface area (Å²) in [6, 6.07) is 4.55. The third-order valence-electron chi connectivity index (χ3n) is 9.01. The van der Waals surface area contributed by atoms with E-state index in [2.05, 4.69) is 0 Å². The second kappa shape index (κ2) is 13.8. The van der Waals surface area contributed by atoms with Gasteiger partial charge < -0.3 is 29.1 Å². The van der Waals surface area contributed by atoms with Gasteiger partial charge in [0.05, 0.1) is 18.2 Å². The zero-order valence-corrected chi connectivity index (χ0v) is 30.1. The van der Waals surface area contributed by atoms with Gasteiger partial charge in [0.2, 0.25) is 0 Å². The minimum Gasteiger partial charge on any atom is -0.478 e. The molecule has 2 amide bonds. The second-order valence-corrected chi connectivity index (χ2v) is 16.9. The molecule has 12 heteroatoms. The zero-order chi connectivity index (χ0) is 34.3. The van der Waals surface area contributed by atoms with Crippen LogP contribution in [0.3, 0.4) is 0 Å². The van der Waals surface area contributed by atoms with E-state index >= 15 is 0 Å². The standard InChI is InChI=1S/C18H25NO4S.C17H23NO4S/c1-18(2,3)23-17(21)19(12-6-5-7-12)14-9-13(14)15-8-11(10-24-15)16(20)22-4;1-17(2,3)22-16(21)18(11-5-4-6-11)13-8-12(13)14-7-10(9-23-14)15(19)20/h8,10,12-14H,5-7,9H2,1-4H3;7,9,11-13H,4-6,8H2,1-3H3,(H,19,20)/t13-,14-;12-,13-/m11/s1. The molecule has 4 aliphatic carbocycles. The summed E-state index contributed by atoms with van der Waals surface area (Å²) in [5, 5.41) is 12.6. The minimum atomic E-state index is -0.896. The Kier molecular flexibility index (Phi) is 10.3. The number of carbonyl (C=O) groups is 4. The van der Waals surface area contributed by atoms with Gasteiger partial charge in [0, 0.05) is 56.5 Å². The first kappa shape index (κ1) is 35.2. The number of hydrogen-bond donors (Lipinski definition) is 1. The molecule has 4 fully saturated rings. The van der Waals surface area contributed by atoms with Crippen LogP contribution in [0.4, 0.5) is 9.59 Å². The number of carboxylic acids is 1. The van der Waals surface area contributed by atoms with E-state index in [4.69, 9.17) is 19.3 Å². The number of ether oxygens (including phenoxy) is 3. The maximum Gasteiger partial charge on any atom is 0.410 e. The number of nitrogens with zero attached hydrogens (tertiary/aromatic N) is 2. The normalized spacial score (nSPS) is 23.6. The summed E-state index contributed by atoms with van der Waals surface area (Å²) in [4.78, 5) is 53.9. The van der Waals surface area contributed by atoms with Crippen molar-refractivity contribution in [2.45, 2.75) is 140 Å². The molecule has 6 rings (SSSR count). The Hall–Kier alpha value is -3.12. The third-order valence-corrected chi connectivity index (χ3v) is 11.1. The number of amides is 2. The summed E-state index contributed by atoms with van der Waals surface area (Å²) in [6.45, 7) is 11.3. The molecule has 4 atom stereocenters. The third kappa shape index (κ3) is 8.68. The molecule has 4 aliphatic rings. The summed E-state index contributed by atoms with van der Waals surface area (Å²) in [5.41, 5.74) is -0.0495. The molecule has 0 unspecified atom stereocenters. The van der Waals surface area contributed by atoms with Gasteiger partial charge in [-0.05, 0) is 105 Å². The summed E-state index contributed by atoms with van der Waals surface area (Å²) in [5.74, 6) is -0.645. The van der Waals surface area contributed by atoms with Crippen LogP contribution in [-0.2, 0) is 14.2 Å². The van der Waals surface area contributed by atoms with Crippen molar-refractivity contribution < 1.29 is 38.5 Å². The first-order valence-electron chi connectivity index (χ1n) is 16.6. The van der Waals surface area contributed by atoms with Crippen LogP contribution in [0, 0.1) is 0 Å². The number of thiophene rings is 2. The van der Waals surface area contributed by atoms with Crippen LogP contribution in [-0.4, -0.2) is 81.5 Å². The molecule has 4 saturated carbocycles. The van der Waals surface area contributed by atoms with E-state index in [9.17, 15) is 19.2 Å². The van der Waals surface area contributed by atoms with Crippen LogP contribution in [0.2, 0.25) is 0 Å². The average Bonchev–Trinajstić information content (AvgIpc) is 3.76. The van der Waals surface area contributed by atoms with Crippen LogP contribution < -0.4 is 0 Å². The average molecular weight is 689 g/mol. The maximum absolute atomic E-state index is 12.6. The molecule has 0 aliphatic heterocycles. The molecule has 0 saturated heterocycles. The van der Waals surface area contributed by atoms with Gasteiger partial charge in [0.15, 0.2) is 0 Å². The Morgan fingerprint density at radius 3 is 1.45 bits per heavy atom. The monoisotopic (exact) mass is 688 g/mol. The van der Waals surface area contributed by atoms with Gasteiger partial charge in [0.25, 0.3) is 0 Å². The van der Waals surface area contributed by atoms with Crippen LogP contribution in [0.1, 0.15) is 135 Å². The molecule has 10 nitrogen and oxygen atoms in total. The highest BCUT2D eigenvalue weighted by atomic mass is 32.1. The second-order valence-electron chi connectivity index (χ2n) is 15.0. The van der Waals surface area contributed by atoms with E-state index < -0.39 is 17.2 Å². The van der Waals surface area contributed by atoms with Gasteiger partial charge in [-0.15, -0.1) is 22.7 Å². The first-order chi connectivity index (χ1) is 22.1. The maximum atomic E-state index is 12.6. The summed E-state index contributed by atoms with van der Waals surface area (Å²) >= 11 is 3.04. The highest BCUT2D eigenvalue weighted by Gasteiger charge is 2.51. The van der Waals surface area contributed by atoms with Gasteiger partial charge in [-0.25, -0.2) is 19.2 Å². The molecule has 0 spiro atoms. The van der Waals surface area contributed by atoms with Crippen molar-refractivity contribution in [3.63, 3.8) is 0 Å². The Morgan fingerprint density at radius 2 is 1.13 bits per heavy atom. The molecule has 2 heterocycles. The fraction of sp³-hybridized carbons (Fsp3) is 0.657. The van der Waals surface area contributed by atoms with Crippen molar-refractivity contribution in [1.29, 1.82) is 0 Å². The lowest BCUT2D eigenvalue weighted by atomic mass is 9.91.